The van der Waals surface area contributed by atoms with Crippen molar-refractivity contribution in [2.75, 3.05) is 12.0 Å². The molecule has 1 saturated heterocycles. The zero-order valence-corrected chi connectivity index (χ0v) is 12.7. The molecular formula is C14H16BrNO3. The second-order valence-corrected chi connectivity index (χ2v) is 5.63. The van der Waals surface area contributed by atoms with Crippen molar-refractivity contribution in [1.82, 2.24) is 0 Å². The molecule has 0 aromatic heterocycles. The van der Waals surface area contributed by atoms with Crippen molar-refractivity contribution in [1.29, 1.82) is 0 Å². The van der Waals surface area contributed by atoms with Crippen LogP contribution < -0.4 is 4.90 Å². The molecule has 0 bridgehead atoms. The Labute approximate surface area is 120 Å². The van der Waals surface area contributed by atoms with Gasteiger partial charge in [-0.05, 0) is 31.5 Å². The number of benzene rings is 1. The van der Waals surface area contributed by atoms with Crippen LogP contribution in [0, 0.1) is 12.8 Å². The van der Waals surface area contributed by atoms with E-state index in [1.807, 2.05) is 32.0 Å². The van der Waals surface area contributed by atoms with E-state index < -0.39 is 5.92 Å². The van der Waals surface area contributed by atoms with E-state index in [0.29, 0.717) is 0 Å². The maximum absolute atomic E-state index is 12.1. The van der Waals surface area contributed by atoms with Crippen molar-refractivity contribution in [3.05, 3.63) is 28.2 Å². The Hall–Kier alpha value is -1.36. The highest BCUT2D eigenvalue weighted by Gasteiger charge is 2.42. The number of carbonyl (C=O) groups is 2. The molecular weight excluding hydrogens is 310 g/mol. The van der Waals surface area contributed by atoms with E-state index in [1.54, 1.807) is 4.90 Å². The molecule has 1 aromatic rings. The number of hydrogen-bond acceptors (Lipinski definition) is 3. The first-order valence-electron chi connectivity index (χ1n) is 6.11. The largest absolute Gasteiger partial charge is 0.469 e. The Balaban J connectivity index is 2.32. The fourth-order valence-corrected chi connectivity index (χ4v) is 2.77. The fraction of sp³-hybridized carbons (Fsp3) is 0.429. The van der Waals surface area contributed by atoms with Crippen LogP contribution in [0.3, 0.4) is 0 Å². The summed E-state index contributed by atoms with van der Waals surface area (Å²) in [5.74, 6) is -0.759. The predicted octanol–water partition coefficient (Wildman–Crippen LogP) is 2.67. The standard InChI is InChI=1S/C14H16BrNO3/c1-8-4-5-10(6-12(8)15)16-9(2)11(7-13(16)17)14(18)19-3/h4-6,9,11H,7H2,1-3H3. The highest BCUT2D eigenvalue weighted by molar-refractivity contribution is 9.10. The zero-order chi connectivity index (χ0) is 14.2. The second-order valence-electron chi connectivity index (χ2n) is 4.77. The van der Waals surface area contributed by atoms with Gasteiger partial charge in [0.2, 0.25) is 5.91 Å². The quantitative estimate of drug-likeness (QED) is 0.785. The maximum Gasteiger partial charge on any atom is 0.311 e. The average Bonchev–Trinajstić information content (AvgIpc) is 2.68. The lowest BCUT2D eigenvalue weighted by Gasteiger charge is -2.24. The molecule has 0 spiro atoms. The number of ether oxygens (including phenoxy) is 1. The number of nitrogens with zero attached hydrogens (tertiary/aromatic N) is 1. The molecule has 102 valence electrons. The van der Waals surface area contributed by atoms with Gasteiger partial charge in [-0.3, -0.25) is 9.59 Å². The van der Waals surface area contributed by atoms with E-state index in [4.69, 9.17) is 4.74 Å². The number of hydrogen-bond donors (Lipinski definition) is 0. The number of rotatable bonds is 2. The van der Waals surface area contributed by atoms with Crippen molar-refractivity contribution in [2.45, 2.75) is 26.3 Å². The zero-order valence-electron chi connectivity index (χ0n) is 11.1. The van der Waals surface area contributed by atoms with Gasteiger partial charge in [0, 0.05) is 22.6 Å². The molecule has 2 rings (SSSR count). The van der Waals surface area contributed by atoms with Crippen LogP contribution >= 0.6 is 15.9 Å². The van der Waals surface area contributed by atoms with Crippen LogP contribution in [0.2, 0.25) is 0 Å². The molecule has 0 N–H and O–H groups in total. The van der Waals surface area contributed by atoms with Crippen LogP contribution in [0.1, 0.15) is 18.9 Å². The Bertz CT molecular complexity index is 529. The van der Waals surface area contributed by atoms with Crippen LogP contribution in [0.5, 0.6) is 0 Å². The number of aryl methyl sites for hydroxylation is 1. The topological polar surface area (TPSA) is 46.6 Å². The average molecular weight is 326 g/mol. The molecule has 5 heteroatoms. The SMILES string of the molecule is COC(=O)C1CC(=O)N(c2ccc(C)c(Br)c2)C1C. The van der Waals surface area contributed by atoms with Crippen LogP contribution in [0.15, 0.2) is 22.7 Å². The summed E-state index contributed by atoms with van der Waals surface area (Å²) in [5.41, 5.74) is 1.91. The number of amides is 1. The summed E-state index contributed by atoms with van der Waals surface area (Å²) in [6, 6.07) is 5.57. The first-order chi connectivity index (χ1) is 8.95. The fourth-order valence-electron chi connectivity index (χ4n) is 2.41. The number of esters is 1. The third-order valence-corrected chi connectivity index (χ3v) is 4.44. The molecule has 0 radical (unpaired) electrons. The minimum absolute atomic E-state index is 0.0429. The summed E-state index contributed by atoms with van der Waals surface area (Å²) in [5, 5.41) is 0. The van der Waals surface area contributed by atoms with E-state index in [-0.39, 0.29) is 24.3 Å². The normalized spacial score (nSPS) is 22.7. The van der Waals surface area contributed by atoms with Crippen molar-refractivity contribution in [3.8, 4) is 0 Å². The number of methoxy groups -OCH3 is 1. The molecule has 0 aliphatic carbocycles. The lowest BCUT2D eigenvalue weighted by atomic mass is 10.0. The molecule has 4 nitrogen and oxygen atoms in total. The van der Waals surface area contributed by atoms with E-state index in [1.165, 1.54) is 7.11 Å². The van der Waals surface area contributed by atoms with Crippen molar-refractivity contribution >= 4 is 33.5 Å². The summed E-state index contributed by atoms with van der Waals surface area (Å²) < 4.78 is 5.70. The summed E-state index contributed by atoms with van der Waals surface area (Å²) in [4.78, 5) is 25.4. The van der Waals surface area contributed by atoms with Crippen LogP contribution in [0.4, 0.5) is 5.69 Å². The first kappa shape index (κ1) is 14.1. The Morgan fingerprint density at radius 3 is 2.74 bits per heavy atom. The molecule has 1 aliphatic heterocycles. The van der Waals surface area contributed by atoms with Gasteiger partial charge in [-0.1, -0.05) is 22.0 Å². The third kappa shape index (κ3) is 2.52. The summed E-state index contributed by atoms with van der Waals surface area (Å²) in [6.45, 7) is 3.86. The minimum Gasteiger partial charge on any atom is -0.469 e. The first-order valence-corrected chi connectivity index (χ1v) is 6.91. The van der Waals surface area contributed by atoms with Gasteiger partial charge < -0.3 is 9.64 Å². The van der Waals surface area contributed by atoms with Gasteiger partial charge in [0.05, 0.1) is 13.0 Å². The van der Waals surface area contributed by atoms with E-state index in [2.05, 4.69) is 15.9 Å². The molecule has 1 fully saturated rings. The van der Waals surface area contributed by atoms with Crippen LogP contribution in [-0.2, 0) is 14.3 Å². The highest BCUT2D eigenvalue weighted by atomic mass is 79.9. The molecule has 1 heterocycles. The van der Waals surface area contributed by atoms with Gasteiger partial charge in [-0.25, -0.2) is 0 Å². The summed E-state index contributed by atoms with van der Waals surface area (Å²) in [6.07, 6.45) is 0.208. The van der Waals surface area contributed by atoms with Crippen LogP contribution in [0.25, 0.3) is 0 Å². The van der Waals surface area contributed by atoms with Gasteiger partial charge in [0.25, 0.3) is 0 Å². The highest BCUT2D eigenvalue weighted by Crippen LogP contribution is 2.33. The predicted molar refractivity (Wildman–Crippen MR) is 76.0 cm³/mol. The lowest BCUT2D eigenvalue weighted by Crippen LogP contribution is -2.35. The molecule has 0 saturated carbocycles. The smallest absolute Gasteiger partial charge is 0.311 e. The second kappa shape index (κ2) is 5.33. The van der Waals surface area contributed by atoms with Gasteiger partial charge >= 0.3 is 5.97 Å². The van der Waals surface area contributed by atoms with Gasteiger partial charge in [0.1, 0.15) is 0 Å². The monoisotopic (exact) mass is 325 g/mol. The number of carbonyl (C=O) groups excluding carboxylic acids is 2. The van der Waals surface area contributed by atoms with E-state index >= 15 is 0 Å². The summed E-state index contributed by atoms with van der Waals surface area (Å²) >= 11 is 3.46. The van der Waals surface area contributed by atoms with Crippen molar-refractivity contribution in [3.63, 3.8) is 0 Å². The molecule has 2 atom stereocenters. The Morgan fingerprint density at radius 2 is 2.16 bits per heavy atom. The van der Waals surface area contributed by atoms with Gasteiger partial charge in [0.15, 0.2) is 0 Å². The van der Waals surface area contributed by atoms with E-state index in [0.717, 1.165) is 15.7 Å². The molecule has 2 unspecified atom stereocenters. The molecule has 1 amide bonds. The van der Waals surface area contributed by atoms with Gasteiger partial charge in [-0.15, -0.1) is 0 Å². The van der Waals surface area contributed by atoms with E-state index in [9.17, 15) is 9.59 Å². The number of anilines is 1. The Morgan fingerprint density at radius 1 is 1.47 bits per heavy atom. The summed E-state index contributed by atoms with van der Waals surface area (Å²) in [7, 11) is 1.35. The molecule has 19 heavy (non-hydrogen) atoms. The molecule has 1 aliphatic rings. The third-order valence-electron chi connectivity index (χ3n) is 3.59. The van der Waals surface area contributed by atoms with Crippen molar-refractivity contribution in [2.24, 2.45) is 5.92 Å². The molecule has 1 aromatic carbocycles. The number of halogens is 1. The van der Waals surface area contributed by atoms with Crippen molar-refractivity contribution < 1.29 is 14.3 Å². The van der Waals surface area contributed by atoms with Crippen LogP contribution in [-0.4, -0.2) is 25.0 Å². The lowest BCUT2D eigenvalue weighted by molar-refractivity contribution is -0.146. The maximum atomic E-state index is 12.1. The minimum atomic E-state index is -0.391. The Kier molecular flexibility index (Phi) is 3.94. The van der Waals surface area contributed by atoms with Gasteiger partial charge in [-0.2, -0.15) is 0 Å².